The number of nitrogens with zero attached hydrogens (tertiary/aromatic N) is 1. The van der Waals surface area contributed by atoms with E-state index in [9.17, 15) is 27.5 Å². The third kappa shape index (κ3) is 3.08. The van der Waals surface area contributed by atoms with E-state index >= 15 is 0 Å². The van der Waals surface area contributed by atoms with Crippen molar-refractivity contribution in [1.29, 1.82) is 0 Å². The first-order valence-corrected chi connectivity index (χ1v) is 5.67. The summed E-state index contributed by atoms with van der Waals surface area (Å²) in [4.78, 5) is 8.38. The van der Waals surface area contributed by atoms with Crippen molar-refractivity contribution in [2.24, 2.45) is 0 Å². The van der Waals surface area contributed by atoms with Gasteiger partial charge in [-0.15, -0.1) is 0 Å². The van der Waals surface area contributed by atoms with Crippen LogP contribution in [0.2, 0.25) is 10.0 Å². The van der Waals surface area contributed by atoms with Crippen molar-refractivity contribution in [3.05, 3.63) is 32.3 Å². The minimum atomic E-state index is -5.11. The minimum Gasteiger partial charge on any atom is -0.258 e. The van der Waals surface area contributed by atoms with E-state index in [1.165, 1.54) is 0 Å². The van der Waals surface area contributed by atoms with Crippen molar-refractivity contribution in [1.82, 2.24) is 0 Å². The van der Waals surface area contributed by atoms with E-state index in [1.807, 2.05) is 0 Å². The molecule has 0 saturated carbocycles. The second kappa shape index (κ2) is 4.79. The van der Waals surface area contributed by atoms with Crippen molar-refractivity contribution in [3.63, 3.8) is 0 Å². The first kappa shape index (κ1) is 14.2. The predicted octanol–water partition coefficient (Wildman–Crippen LogP) is 3.53. The third-order valence-corrected chi connectivity index (χ3v) is 3.48. The summed E-state index contributed by atoms with van der Waals surface area (Å²) in [5, 5.41) is 9.89. The maximum absolute atomic E-state index is 12.2. The van der Waals surface area contributed by atoms with E-state index in [0.717, 1.165) is 0 Å². The highest BCUT2D eigenvalue weighted by atomic mass is 35.5. The fraction of sp³-hybridized carbons (Fsp3) is 0.143. The maximum atomic E-state index is 12.2. The van der Waals surface area contributed by atoms with Crippen LogP contribution >= 0.6 is 23.2 Å². The molecule has 0 fully saturated rings. The van der Waals surface area contributed by atoms with Crippen LogP contribution in [0.3, 0.4) is 0 Å². The average Bonchev–Trinajstić information content (AvgIpc) is 2.18. The molecule has 0 aliphatic heterocycles. The normalized spacial score (nSPS) is 13.5. The Hall–Kier alpha value is -0.860. The van der Waals surface area contributed by atoms with Gasteiger partial charge in [0.05, 0.1) is 15.0 Å². The summed E-state index contributed by atoms with van der Waals surface area (Å²) in [5.74, 6) is 0. The van der Waals surface area contributed by atoms with Crippen LogP contribution in [0, 0.1) is 10.1 Å². The van der Waals surface area contributed by atoms with Crippen LogP contribution in [-0.2, 0) is 10.8 Å². The Bertz CT molecular complexity index is 506. The van der Waals surface area contributed by atoms with Gasteiger partial charge in [-0.1, -0.05) is 23.2 Å². The van der Waals surface area contributed by atoms with E-state index in [0.29, 0.717) is 12.1 Å². The Morgan fingerprint density at radius 2 is 1.71 bits per heavy atom. The summed E-state index contributed by atoms with van der Waals surface area (Å²) in [6.45, 7) is 0. The van der Waals surface area contributed by atoms with Crippen molar-refractivity contribution in [3.8, 4) is 0 Å². The number of nitro benzene ring substituents is 1. The molecule has 0 N–H and O–H groups in total. The molecule has 0 spiro atoms. The summed E-state index contributed by atoms with van der Waals surface area (Å²) < 4.78 is 47.7. The molecule has 0 saturated heterocycles. The van der Waals surface area contributed by atoms with Crippen molar-refractivity contribution >= 4 is 39.7 Å². The van der Waals surface area contributed by atoms with Gasteiger partial charge >= 0.3 is 5.51 Å². The average molecular weight is 308 g/mol. The van der Waals surface area contributed by atoms with Crippen LogP contribution in [0.15, 0.2) is 17.0 Å². The maximum Gasteiger partial charge on any atom is 0.476 e. The van der Waals surface area contributed by atoms with Crippen LogP contribution in [0.5, 0.6) is 0 Å². The first-order chi connectivity index (χ1) is 7.64. The Balaban J connectivity index is 3.47. The zero-order valence-corrected chi connectivity index (χ0v) is 9.95. The summed E-state index contributed by atoms with van der Waals surface area (Å²) >= 11 is 10.9. The number of benzene rings is 1. The number of hydrogen-bond donors (Lipinski definition) is 0. The van der Waals surface area contributed by atoms with Crippen molar-refractivity contribution in [2.45, 2.75) is 10.4 Å². The fourth-order valence-electron chi connectivity index (χ4n) is 0.934. The number of hydrogen-bond acceptors (Lipinski definition) is 3. The number of rotatable bonds is 2. The molecule has 1 aromatic carbocycles. The van der Waals surface area contributed by atoms with Crippen molar-refractivity contribution < 1.29 is 22.3 Å². The summed E-state index contributed by atoms with van der Waals surface area (Å²) in [6, 6.07) is 1.20. The second-order valence-electron chi connectivity index (χ2n) is 2.71. The standard InChI is InChI=1S/C7H2Cl2F3NO3S/c8-3-1-5(13(14)15)6(2-4(3)9)17(16)7(10,11)12/h1-2H. The van der Waals surface area contributed by atoms with Gasteiger partial charge in [-0.25, -0.2) is 4.21 Å². The minimum absolute atomic E-state index is 0.290. The quantitative estimate of drug-likeness (QED) is 0.620. The molecule has 94 valence electrons. The Morgan fingerprint density at radius 1 is 1.24 bits per heavy atom. The lowest BCUT2D eigenvalue weighted by molar-refractivity contribution is -0.387. The molecule has 0 amide bonds. The topological polar surface area (TPSA) is 60.2 Å². The highest BCUT2D eigenvalue weighted by Crippen LogP contribution is 2.36. The Morgan fingerprint density at radius 3 is 2.12 bits per heavy atom. The van der Waals surface area contributed by atoms with Gasteiger partial charge in [0.2, 0.25) is 0 Å². The summed E-state index contributed by atoms with van der Waals surface area (Å²) in [5.41, 5.74) is -6.10. The molecule has 1 atom stereocenters. The van der Waals surface area contributed by atoms with Gasteiger partial charge < -0.3 is 0 Å². The zero-order valence-electron chi connectivity index (χ0n) is 7.62. The lowest BCUT2D eigenvalue weighted by Gasteiger charge is -2.07. The molecule has 0 radical (unpaired) electrons. The second-order valence-corrected chi connectivity index (χ2v) is 4.96. The van der Waals surface area contributed by atoms with Gasteiger partial charge in [-0.3, -0.25) is 10.1 Å². The molecular formula is C7H2Cl2F3NO3S. The summed E-state index contributed by atoms with van der Waals surface area (Å²) in [6.07, 6.45) is 0. The fourth-order valence-corrected chi connectivity index (χ4v) is 2.12. The van der Waals surface area contributed by atoms with Crippen LogP contribution in [0.4, 0.5) is 18.9 Å². The predicted molar refractivity (Wildman–Crippen MR) is 55.6 cm³/mol. The van der Waals surface area contributed by atoms with Gasteiger partial charge in [-0.2, -0.15) is 13.2 Å². The Kier molecular flexibility index (Phi) is 4.00. The van der Waals surface area contributed by atoms with Crippen LogP contribution < -0.4 is 0 Å². The molecule has 1 unspecified atom stereocenters. The highest BCUT2D eigenvalue weighted by Gasteiger charge is 2.41. The monoisotopic (exact) mass is 307 g/mol. The third-order valence-electron chi connectivity index (χ3n) is 1.61. The van der Waals surface area contributed by atoms with E-state index < -0.39 is 31.8 Å². The first-order valence-electron chi connectivity index (χ1n) is 3.76. The van der Waals surface area contributed by atoms with Gasteiger partial charge in [0.25, 0.3) is 5.69 Å². The molecular weight excluding hydrogens is 306 g/mol. The molecule has 0 bridgehead atoms. The lowest BCUT2D eigenvalue weighted by Crippen LogP contribution is -2.17. The smallest absolute Gasteiger partial charge is 0.258 e. The van der Waals surface area contributed by atoms with Crippen LogP contribution in [0.1, 0.15) is 0 Å². The largest absolute Gasteiger partial charge is 0.476 e. The molecule has 0 aliphatic rings. The van der Waals surface area contributed by atoms with Gasteiger partial charge in [0, 0.05) is 6.07 Å². The Labute approximate surface area is 105 Å². The molecule has 10 heteroatoms. The number of nitro groups is 1. The van der Waals surface area contributed by atoms with Crippen molar-refractivity contribution in [2.75, 3.05) is 0 Å². The zero-order chi connectivity index (χ0) is 13.4. The molecule has 4 nitrogen and oxygen atoms in total. The molecule has 0 aromatic heterocycles. The van der Waals surface area contributed by atoms with E-state index in [4.69, 9.17) is 23.2 Å². The highest BCUT2D eigenvalue weighted by molar-refractivity contribution is 7.86. The summed E-state index contributed by atoms with van der Waals surface area (Å²) in [7, 11) is -3.54. The number of halogens is 5. The lowest BCUT2D eigenvalue weighted by atomic mass is 10.3. The molecule has 1 aromatic rings. The van der Waals surface area contributed by atoms with Gasteiger partial charge in [0.1, 0.15) is 4.90 Å². The van der Waals surface area contributed by atoms with E-state index in [1.54, 1.807) is 0 Å². The van der Waals surface area contributed by atoms with E-state index in [-0.39, 0.29) is 10.0 Å². The molecule has 17 heavy (non-hydrogen) atoms. The van der Waals surface area contributed by atoms with E-state index in [2.05, 4.69) is 0 Å². The molecule has 1 rings (SSSR count). The number of alkyl halides is 3. The molecule has 0 heterocycles. The SMILES string of the molecule is O=[N+]([O-])c1cc(Cl)c(Cl)cc1S(=O)C(F)(F)F. The van der Waals surface area contributed by atoms with Gasteiger partial charge in [0.15, 0.2) is 10.8 Å². The van der Waals surface area contributed by atoms with Crippen LogP contribution in [-0.4, -0.2) is 14.6 Å². The molecule has 0 aliphatic carbocycles. The van der Waals surface area contributed by atoms with Gasteiger partial charge in [-0.05, 0) is 6.07 Å². The van der Waals surface area contributed by atoms with Crippen LogP contribution in [0.25, 0.3) is 0 Å².